The number of ether oxygens (including phenoxy) is 1. The van der Waals surface area contributed by atoms with Gasteiger partial charge in [0, 0.05) is 5.56 Å². The SMILES string of the molecule is CC.CCOC(=O)c1oc2c(O)c(C)c(C)c(O)c2c1N. The van der Waals surface area contributed by atoms with Gasteiger partial charge in [0.15, 0.2) is 11.3 Å². The summed E-state index contributed by atoms with van der Waals surface area (Å²) < 4.78 is 10.1. The molecule has 0 spiro atoms. The second-order valence-corrected chi connectivity index (χ2v) is 4.22. The van der Waals surface area contributed by atoms with E-state index < -0.39 is 5.97 Å². The second kappa shape index (κ2) is 6.39. The molecule has 0 aliphatic carbocycles. The molecule has 0 saturated carbocycles. The van der Waals surface area contributed by atoms with Crippen molar-refractivity contribution in [3.63, 3.8) is 0 Å². The van der Waals surface area contributed by atoms with Crippen LogP contribution in [0, 0.1) is 13.8 Å². The highest BCUT2D eigenvalue weighted by molar-refractivity contribution is 6.08. The van der Waals surface area contributed by atoms with E-state index in [4.69, 9.17) is 14.9 Å². The number of phenols is 2. The van der Waals surface area contributed by atoms with E-state index in [-0.39, 0.29) is 40.5 Å². The zero-order chi connectivity index (χ0) is 16.3. The Morgan fingerprint density at radius 2 is 1.71 bits per heavy atom. The first-order valence-electron chi connectivity index (χ1n) is 6.80. The summed E-state index contributed by atoms with van der Waals surface area (Å²) in [6.07, 6.45) is 0. The van der Waals surface area contributed by atoms with Gasteiger partial charge in [0.1, 0.15) is 5.75 Å². The smallest absolute Gasteiger partial charge is 0.376 e. The Bertz CT molecular complexity index is 673. The van der Waals surface area contributed by atoms with Gasteiger partial charge in [-0.3, -0.25) is 0 Å². The lowest BCUT2D eigenvalue weighted by molar-refractivity contribution is 0.0494. The van der Waals surface area contributed by atoms with E-state index in [9.17, 15) is 15.0 Å². The van der Waals surface area contributed by atoms with Gasteiger partial charge < -0.3 is 25.1 Å². The Kier molecular flexibility index (Phi) is 5.07. The summed E-state index contributed by atoms with van der Waals surface area (Å²) in [4.78, 5) is 11.7. The van der Waals surface area contributed by atoms with Gasteiger partial charge in [0.25, 0.3) is 0 Å². The largest absolute Gasteiger partial charge is 0.507 e. The third-order valence-corrected chi connectivity index (χ3v) is 3.13. The Labute approximate surface area is 123 Å². The van der Waals surface area contributed by atoms with Gasteiger partial charge in [-0.2, -0.15) is 0 Å². The number of esters is 1. The summed E-state index contributed by atoms with van der Waals surface area (Å²) in [5.74, 6) is -1.20. The molecule has 21 heavy (non-hydrogen) atoms. The number of anilines is 1. The van der Waals surface area contributed by atoms with E-state index in [0.29, 0.717) is 11.1 Å². The summed E-state index contributed by atoms with van der Waals surface area (Å²) in [5, 5.41) is 20.2. The van der Waals surface area contributed by atoms with Gasteiger partial charge in [-0.05, 0) is 26.3 Å². The standard InChI is InChI=1S/C13H15NO5.C2H6/c1-4-18-13(17)12-8(14)7-9(15)5(2)6(3)10(16)11(7)19-12;1-2/h15-16H,4,14H2,1-3H3;1-2H3. The summed E-state index contributed by atoms with van der Waals surface area (Å²) in [6.45, 7) is 9.10. The Morgan fingerprint density at radius 1 is 1.19 bits per heavy atom. The van der Waals surface area contributed by atoms with Gasteiger partial charge in [-0.1, -0.05) is 13.8 Å². The Morgan fingerprint density at radius 3 is 2.24 bits per heavy atom. The van der Waals surface area contributed by atoms with E-state index in [1.165, 1.54) is 0 Å². The number of fused-ring (bicyclic) bond motifs is 1. The van der Waals surface area contributed by atoms with Crippen molar-refractivity contribution in [1.29, 1.82) is 0 Å². The van der Waals surface area contributed by atoms with Crippen molar-refractivity contribution in [3.8, 4) is 11.5 Å². The number of hydrogen-bond acceptors (Lipinski definition) is 6. The maximum absolute atomic E-state index is 11.7. The molecule has 0 atom stereocenters. The molecule has 2 aromatic rings. The number of carbonyl (C=O) groups excluding carboxylic acids is 1. The fourth-order valence-corrected chi connectivity index (χ4v) is 1.91. The molecule has 0 unspecified atom stereocenters. The molecule has 6 nitrogen and oxygen atoms in total. The zero-order valence-corrected chi connectivity index (χ0v) is 12.9. The number of phenolic OH excluding ortho intramolecular Hbond substituents is 2. The average molecular weight is 295 g/mol. The van der Waals surface area contributed by atoms with E-state index in [1.54, 1.807) is 20.8 Å². The molecule has 0 fully saturated rings. The van der Waals surface area contributed by atoms with Crippen LogP contribution in [-0.4, -0.2) is 22.8 Å². The maximum atomic E-state index is 11.7. The first kappa shape index (κ1) is 16.7. The van der Waals surface area contributed by atoms with Crippen LogP contribution in [0.15, 0.2) is 4.42 Å². The Hall–Kier alpha value is -2.37. The molecule has 4 N–H and O–H groups in total. The molecule has 0 aliphatic heterocycles. The van der Waals surface area contributed by atoms with Crippen molar-refractivity contribution in [1.82, 2.24) is 0 Å². The molecule has 1 aromatic heterocycles. The number of hydrogen-bond donors (Lipinski definition) is 3. The highest BCUT2D eigenvalue weighted by Crippen LogP contribution is 2.44. The van der Waals surface area contributed by atoms with Gasteiger partial charge in [0.2, 0.25) is 5.76 Å². The topological polar surface area (TPSA) is 106 Å². The van der Waals surface area contributed by atoms with Crippen LogP contribution in [0.2, 0.25) is 0 Å². The van der Waals surface area contributed by atoms with Crippen LogP contribution in [-0.2, 0) is 4.74 Å². The molecule has 0 amide bonds. The first-order chi connectivity index (χ1) is 9.90. The predicted octanol–water partition coefficient (Wildman–Crippen LogP) is 3.25. The summed E-state index contributed by atoms with van der Waals surface area (Å²) in [5.41, 5.74) is 6.69. The molecular weight excluding hydrogens is 274 g/mol. The molecule has 0 aliphatic rings. The number of rotatable bonds is 2. The van der Waals surface area contributed by atoms with Crippen LogP contribution in [0.25, 0.3) is 11.0 Å². The highest BCUT2D eigenvalue weighted by Gasteiger charge is 2.26. The van der Waals surface area contributed by atoms with Crippen molar-refractivity contribution in [3.05, 3.63) is 16.9 Å². The Balaban J connectivity index is 0.00000106. The van der Waals surface area contributed by atoms with E-state index in [2.05, 4.69) is 0 Å². The van der Waals surface area contributed by atoms with Crippen molar-refractivity contribution in [2.75, 3.05) is 12.3 Å². The normalized spacial score (nSPS) is 10.1. The molecule has 6 heteroatoms. The number of nitrogens with two attached hydrogens (primary N) is 1. The monoisotopic (exact) mass is 295 g/mol. The minimum atomic E-state index is -0.731. The molecule has 0 bridgehead atoms. The number of furan rings is 1. The fraction of sp³-hybridized carbons (Fsp3) is 0.400. The van der Waals surface area contributed by atoms with Crippen LogP contribution in [0.3, 0.4) is 0 Å². The average Bonchev–Trinajstić information content (AvgIpc) is 2.83. The molecule has 1 heterocycles. The predicted molar refractivity (Wildman–Crippen MR) is 80.7 cm³/mol. The third-order valence-electron chi connectivity index (χ3n) is 3.13. The molecule has 2 rings (SSSR count). The van der Waals surface area contributed by atoms with Gasteiger partial charge in [0.05, 0.1) is 17.7 Å². The number of benzene rings is 1. The van der Waals surface area contributed by atoms with Crippen molar-refractivity contribution < 1.29 is 24.2 Å². The number of nitrogen functional groups attached to an aromatic ring is 1. The molecule has 116 valence electrons. The molecule has 0 saturated heterocycles. The van der Waals surface area contributed by atoms with Crippen molar-refractivity contribution >= 4 is 22.6 Å². The minimum Gasteiger partial charge on any atom is -0.507 e. The van der Waals surface area contributed by atoms with Crippen LogP contribution in [0.1, 0.15) is 42.5 Å². The van der Waals surface area contributed by atoms with Crippen LogP contribution >= 0.6 is 0 Å². The lowest BCUT2D eigenvalue weighted by Gasteiger charge is -2.06. The fourth-order valence-electron chi connectivity index (χ4n) is 1.91. The van der Waals surface area contributed by atoms with Crippen LogP contribution < -0.4 is 5.73 Å². The zero-order valence-electron chi connectivity index (χ0n) is 12.9. The quantitative estimate of drug-likeness (QED) is 0.580. The summed E-state index contributed by atoms with van der Waals surface area (Å²) in [6, 6.07) is 0. The first-order valence-corrected chi connectivity index (χ1v) is 6.80. The van der Waals surface area contributed by atoms with E-state index in [1.807, 2.05) is 13.8 Å². The lowest BCUT2D eigenvalue weighted by Crippen LogP contribution is -2.05. The highest BCUT2D eigenvalue weighted by atomic mass is 16.5. The second-order valence-electron chi connectivity index (χ2n) is 4.22. The van der Waals surface area contributed by atoms with E-state index >= 15 is 0 Å². The summed E-state index contributed by atoms with van der Waals surface area (Å²) in [7, 11) is 0. The molecule has 1 aromatic carbocycles. The maximum Gasteiger partial charge on any atom is 0.376 e. The van der Waals surface area contributed by atoms with Crippen molar-refractivity contribution in [2.24, 2.45) is 0 Å². The van der Waals surface area contributed by atoms with Gasteiger partial charge in [-0.15, -0.1) is 0 Å². The van der Waals surface area contributed by atoms with Crippen LogP contribution in [0.5, 0.6) is 11.5 Å². The van der Waals surface area contributed by atoms with Gasteiger partial charge >= 0.3 is 5.97 Å². The molecular formula is C15H21NO5. The number of carbonyl (C=O) groups is 1. The van der Waals surface area contributed by atoms with E-state index in [0.717, 1.165) is 0 Å². The van der Waals surface area contributed by atoms with Gasteiger partial charge in [-0.25, -0.2) is 4.79 Å². The third kappa shape index (κ3) is 2.61. The van der Waals surface area contributed by atoms with Crippen molar-refractivity contribution in [2.45, 2.75) is 34.6 Å². The lowest BCUT2D eigenvalue weighted by atomic mass is 10.0. The summed E-state index contributed by atoms with van der Waals surface area (Å²) >= 11 is 0. The number of aromatic hydroxyl groups is 2. The molecule has 0 radical (unpaired) electrons. The minimum absolute atomic E-state index is 0.0128. The van der Waals surface area contributed by atoms with Crippen LogP contribution in [0.4, 0.5) is 5.69 Å².